The highest BCUT2D eigenvalue weighted by molar-refractivity contribution is 7.20. The van der Waals surface area contributed by atoms with Gasteiger partial charge in [-0.25, -0.2) is 4.98 Å². The average Bonchev–Trinajstić information content (AvgIpc) is 3.05. The van der Waals surface area contributed by atoms with E-state index in [2.05, 4.69) is 22.2 Å². The quantitative estimate of drug-likeness (QED) is 0.889. The number of likely N-dealkylation sites (tertiary alicyclic amines) is 1. The number of carbonyl (C=O) groups excluding carboxylic acids is 1. The summed E-state index contributed by atoms with van der Waals surface area (Å²) >= 11 is 1.34. The van der Waals surface area contributed by atoms with Gasteiger partial charge < -0.3 is 16.0 Å². The van der Waals surface area contributed by atoms with Gasteiger partial charge in [0.15, 0.2) is 0 Å². The minimum Gasteiger partial charge on any atom is -0.370 e. The van der Waals surface area contributed by atoms with Crippen LogP contribution >= 0.6 is 11.3 Å². The molecular weight excluding hydrogens is 284 g/mol. The lowest BCUT2D eigenvalue weighted by Gasteiger charge is -2.19. The largest absolute Gasteiger partial charge is 0.370 e. The lowest BCUT2D eigenvalue weighted by molar-refractivity contribution is 0.100. The molecule has 1 atom stereocenters. The van der Waals surface area contributed by atoms with Crippen molar-refractivity contribution in [3.8, 4) is 0 Å². The summed E-state index contributed by atoms with van der Waals surface area (Å²) in [5.74, 6) is 0.470. The van der Waals surface area contributed by atoms with E-state index in [9.17, 15) is 4.79 Å². The number of nitrogens with two attached hydrogens (primary N) is 1. The minimum atomic E-state index is -0.392. The number of thiophene rings is 1. The molecule has 1 amide bonds. The first-order valence-corrected chi connectivity index (χ1v) is 8.09. The Labute approximate surface area is 128 Å². The smallest absolute Gasteiger partial charge is 0.258 e. The fraction of sp³-hybridized carbons (Fsp3) is 0.467. The number of aromatic nitrogens is 1. The van der Waals surface area contributed by atoms with Gasteiger partial charge in [0.2, 0.25) is 0 Å². The second-order valence-corrected chi connectivity index (χ2v) is 6.59. The first-order chi connectivity index (χ1) is 10.1. The van der Waals surface area contributed by atoms with Crippen molar-refractivity contribution in [2.24, 2.45) is 5.73 Å². The zero-order valence-electron chi connectivity index (χ0n) is 12.1. The molecule has 0 aliphatic carbocycles. The molecule has 1 saturated heterocycles. The van der Waals surface area contributed by atoms with Crippen LogP contribution in [0.4, 0.5) is 5.82 Å². The van der Waals surface area contributed by atoms with Crippen molar-refractivity contribution in [1.82, 2.24) is 9.88 Å². The Bertz CT molecular complexity index is 654. The molecule has 0 radical (unpaired) electrons. The molecule has 3 N–H and O–H groups in total. The van der Waals surface area contributed by atoms with Crippen LogP contribution < -0.4 is 11.1 Å². The van der Waals surface area contributed by atoms with E-state index in [4.69, 9.17) is 5.73 Å². The number of nitrogens with one attached hydrogen (secondary N) is 1. The molecule has 1 aliphatic heterocycles. The summed E-state index contributed by atoms with van der Waals surface area (Å²) in [6.45, 7) is 2.13. The summed E-state index contributed by atoms with van der Waals surface area (Å²) < 4.78 is 0. The minimum absolute atomic E-state index is 0.392. The summed E-state index contributed by atoms with van der Waals surface area (Å²) in [5, 5.41) is 4.34. The second-order valence-electron chi connectivity index (χ2n) is 5.56. The normalized spacial score (nSPS) is 19.2. The van der Waals surface area contributed by atoms with Crippen LogP contribution in [0.25, 0.3) is 10.2 Å². The van der Waals surface area contributed by atoms with Crippen LogP contribution in [-0.4, -0.2) is 42.0 Å². The number of fused-ring (bicyclic) bond motifs is 1. The van der Waals surface area contributed by atoms with Crippen LogP contribution in [0, 0.1) is 0 Å². The molecule has 0 bridgehead atoms. The number of amides is 1. The number of anilines is 1. The highest BCUT2D eigenvalue weighted by Crippen LogP contribution is 2.25. The average molecular weight is 304 g/mol. The van der Waals surface area contributed by atoms with E-state index in [0.29, 0.717) is 10.9 Å². The predicted molar refractivity (Wildman–Crippen MR) is 86.9 cm³/mol. The Morgan fingerprint density at radius 1 is 1.57 bits per heavy atom. The molecule has 3 rings (SSSR count). The van der Waals surface area contributed by atoms with Gasteiger partial charge in [0, 0.05) is 18.0 Å². The third-order valence-electron chi connectivity index (χ3n) is 4.08. The number of hydrogen-bond donors (Lipinski definition) is 2. The van der Waals surface area contributed by atoms with Gasteiger partial charge in [0.1, 0.15) is 10.6 Å². The van der Waals surface area contributed by atoms with Crippen molar-refractivity contribution in [1.29, 1.82) is 0 Å². The second kappa shape index (κ2) is 5.99. The molecule has 0 saturated carbocycles. The van der Waals surface area contributed by atoms with Crippen LogP contribution in [-0.2, 0) is 0 Å². The van der Waals surface area contributed by atoms with Crippen molar-refractivity contribution in [3.63, 3.8) is 0 Å². The maximum atomic E-state index is 11.2. The fourth-order valence-electron chi connectivity index (χ4n) is 2.85. The van der Waals surface area contributed by atoms with E-state index in [1.807, 2.05) is 12.1 Å². The topological polar surface area (TPSA) is 71.2 Å². The van der Waals surface area contributed by atoms with Crippen molar-refractivity contribution < 1.29 is 4.79 Å². The van der Waals surface area contributed by atoms with Crippen LogP contribution in [0.3, 0.4) is 0 Å². The summed E-state index contributed by atoms with van der Waals surface area (Å²) in [6, 6.07) is 6.42. The lowest BCUT2D eigenvalue weighted by atomic mass is 10.1. The first-order valence-electron chi connectivity index (χ1n) is 7.28. The zero-order valence-corrected chi connectivity index (χ0v) is 12.9. The van der Waals surface area contributed by atoms with Gasteiger partial charge in [-0.05, 0) is 51.1 Å². The van der Waals surface area contributed by atoms with Gasteiger partial charge in [0.25, 0.3) is 5.91 Å². The van der Waals surface area contributed by atoms with Crippen LogP contribution in [0.15, 0.2) is 18.2 Å². The Morgan fingerprint density at radius 3 is 3.14 bits per heavy atom. The SMILES string of the molecule is CN1CCCC1CCNc1ccc2cc(C(N)=O)sc2n1. The Morgan fingerprint density at radius 2 is 2.43 bits per heavy atom. The Kier molecular flexibility index (Phi) is 4.07. The van der Waals surface area contributed by atoms with Crippen LogP contribution in [0.1, 0.15) is 28.9 Å². The third kappa shape index (κ3) is 3.16. The number of carbonyl (C=O) groups is 1. The van der Waals surface area contributed by atoms with Gasteiger partial charge in [-0.3, -0.25) is 4.79 Å². The Hall–Kier alpha value is -1.66. The van der Waals surface area contributed by atoms with E-state index in [1.165, 1.54) is 30.7 Å². The number of nitrogens with zero attached hydrogens (tertiary/aromatic N) is 2. The van der Waals surface area contributed by atoms with Gasteiger partial charge in [-0.2, -0.15) is 0 Å². The van der Waals surface area contributed by atoms with E-state index in [1.54, 1.807) is 6.07 Å². The van der Waals surface area contributed by atoms with Gasteiger partial charge in [-0.15, -0.1) is 11.3 Å². The van der Waals surface area contributed by atoms with E-state index in [-0.39, 0.29) is 0 Å². The fourth-order valence-corrected chi connectivity index (χ4v) is 3.73. The maximum absolute atomic E-state index is 11.2. The van der Waals surface area contributed by atoms with Gasteiger partial charge in [0.05, 0.1) is 4.88 Å². The van der Waals surface area contributed by atoms with E-state index >= 15 is 0 Å². The summed E-state index contributed by atoms with van der Waals surface area (Å²) in [7, 11) is 2.19. The summed E-state index contributed by atoms with van der Waals surface area (Å²) in [4.78, 5) is 19.6. The molecule has 112 valence electrons. The predicted octanol–water partition coefficient (Wildman–Crippen LogP) is 2.29. The van der Waals surface area contributed by atoms with Gasteiger partial charge in [-0.1, -0.05) is 0 Å². The number of primary amides is 1. The molecule has 1 fully saturated rings. The molecule has 0 spiro atoms. The molecule has 2 aromatic heterocycles. The van der Waals surface area contributed by atoms with Crippen LogP contribution in [0.5, 0.6) is 0 Å². The lowest BCUT2D eigenvalue weighted by Crippen LogP contribution is -2.27. The number of pyridine rings is 1. The monoisotopic (exact) mass is 304 g/mol. The summed E-state index contributed by atoms with van der Waals surface area (Å²) in [6.07, 6.45) is 3.72. The Balaban J connectivity index is 1.63. The molecular formula is C15H20N4OS. The molecule has 1 unspecified atom stereocenters. The maximum Gasteiger partial charge on any atom is 0.258 e. The molecule has 5 nitrogen and oxygen atoms in total. The van der Waals surface area contributed by atoms with E-state index in [0.717, 1.165) is 29.0 Å². The van der Waals surface area contributed by atoms with Crippen LogP contribution in [0.2, 0.25) is 0 Å². The molecule has 2 aromatic rings. The number of hydrogen-bond acceptors (Lipinski definition) is 5. The summed E-state index contributed by atoms with van der Waals surface area (Å²) in [5.41, 5.74) is 5.30. The molecule has 21 heavy (non-hydrogen) atoms. The molecule has 6 heteroatoms. The number of rotatable bonds is 5. The highest BCUT2D eigenvalue weighted by Gasteiger charge is 2.19. The van der Waals surface area contributed by atoms with Crippen molar-refractivity contribution in [3.05, 3.63) is 23.1 Å². The van der Waals surface area contributed by atoms with Crippen molar-refractivity contribution in [2.45, 2.75) is 25.3 Å². The van der Waals surface area contributed by atoms with Crippen molar-refractivity contribution >= 4 is 33.3 Å². The highest BCUT2D eigenvalue weighted by atomic mass is 32.1. The van der Waals surface area contributed by atoms with Gasteiger partial charge >= 0.3 is 0 Å². The first kappa shape index (κ1) is 14.3. The molecule has 3 heterocycles. The third-order valence-corrected chi connectivity index (χ3v) is 5.14. The molecule has 0 aromatic carbocycles. The zero-order chi connectivity index (χ0) is 14.8. The standard InChI is InChI=1S/C15H20N4OS/c1-19-8-2-3-11(19)6-7-17-13-5-4-10-9-12(14(16)20)21-15(10)18-13/h4-5,9,11H,2-3,6-8H2,1H3,(H2,16,20)(H,17,18). The van der Waals surface area contributed by atoms with Crippen molar-refractivity contribution in [2.75, 3.05) is 25.5 Å². The molecule has 1 aliphatic rings. The van der Waals surface area contributed by atoms with E-state index < -0.39 is 5.91 Å².